The van der Waals surface area contributed by atoms with Gasteiger partial charge in [0.2, 0.25) is 0 Å². The Morgan fingerprint density at radius 3 is 2.59 bits per heavy atom. The van der Waals surface area contributed by atoms with Crippen molar-refractivity contribution in [2.75, 3.05) is 32.1 Å². The van der Waals surface area contributed by atoms with Crippen molar-refractivity contribution in [2.45, 2.75) is 70.2 Å². The number of alkyl carbamates (subject to hydrolysis) is 1. The third-order valence-electron chi connectivity index (χ3n) is 7.24. The maximum atomic E-state index is 12.3. The van der Waals surface area contributed by atoms with Crippen LogP contribution < -0.4 is 10.6 Å². The Balaban J connectivity index is 1.35. The number of imidazole rings is 1. The summed E-state index contributed by atoms with van der Waals surface area (Å²) in [7, 11) is 2.17. The number of benzene rings is 1. The van der Waals surface area contributed by atoms with Crippen molar-refractivity contribution in [1.29, 1.82) is 0 Å². The number of hydrogen-bond acceptors (Lipinski definition) is 6. The highest BCUT2D eigenvalue weighted by atomic mass is 16.6. The number of ether oxygens (including phenoxy) is 2. The van der Waals surface area contributed by atoms with Crippen molar-refractivity contribution in [2.24, 2.45) is 0 Å². The lowest BCUT2D eigenvalue weighted by Gasteiger charge is -2.48. The predicted octanol–water partition coefficient (Wildman–Crippen LogP) is 5.11. The molecule has 0 unspecified atom stereocenters. The van der Waals surface area contributed by atoms with Gasteiger partial charge in [0.15, 0.2) is 5.65 Å². The number of rotatable bonds is 9. The Bertz CT molecular complexity index is 1240. The molecule has 1 saturated heterocycles. The standard InChI is InChI=1S/C29H39N5O3/c1-20(31-27(35)37-28(2,3)4)25-16-34-15-23(22-11-12-22)13-24(26(34)32-25)30-17-29(18-36-19-29)33(5)14-21-9-7-6-8-10-21/h6-10,13,15-16,20,22,30H,11-12,14,17-19H2,1-5H3,(H,31,35)/t20-/m1/s1. The van der Waals surface area contributed by atoms with Crippen molar-refractivity contribution >= 4 is 17.4 Å². The summed E-state index contributed by atoms with van der Waals surface area (Å²) in [6.45, 7) is 10.5. The van der Waals surface area contributed by atoms with Gasteiger partial charge in [0.1, 0.15) is 5.60 Å². The molecular weight excluding hydrogens is 466 g/mol. The van der Waals surface area contributed by atoms with Crippen LogP contribution in [0.15, 0.2) is 48.8 Å². The smallest absolute Gasteiger partial charge is 0.408 e. The fourth-order valence-electron chi connectivity index (χ4n) is 4.76. The van der Waals surface area contributed by atoms with E-state index in [9.17, 15) is 4.79 Å². The van der Waals surface area contributed by atoms with E-state index in [0.717, 1.165) is 30.1 Å². The molecule has 1 saturated carbocycles. The number of amides is 1. The quantitative estimate of drug-likeness (QED) is 0.421. The number of fused-ring (bicyclic) bond motifs is 1. The number of nitrogens with one attached hydrogen (secondary N) is 2. The molecule has 5 rings (SSSR count). The van der Waals surface area contributed by atoms with Gasteiger partial charge in [-0.05, 0) is 70.7 Å². The number of carbonyl (C=O) groups is 1. The molecule has 8 nitrogen and oxygen atoms in total. The van der Waals surface area contributed by atoms with Gasteiger partial charge in [-0.2, -0.15) is 0 Å². The number of pyridine rings is 1. The zero-order valence-corrected chi connectivity index (χ0v) is 22.6. The Hall–Kier alpha value is -3.10. The van der Waals surface area contributed by atoms with E-state index in [1.54, 1.807) is 0 Å². The highest BCUT2D eigenvalue weighted by Gasteiger charge is 2.42. The molecule has 2 N–H and O–H groups in total. The Labute approximate surface area is 219 Å². The van der Waals surface area contributed by atoms with E-state index in [2.05, 4.69) is 63.5 Å². The van der Waals surface area contributed by atoms with E-state index in [-0.39, 0.29) is 11.6 Å². The van der Waals surface area contributed by atoms with Gasteiger partial charge < -0.3 is 24.5 Å². The van der Waals surface area contributed by atoms with Gasteiger partial charge in [-0.15, -0.1) is 0 Å². The van der Waals surface area contributed by atoms with E-state index in [1.807, 2.05) is 40.0 Å². The zero-order chi connectivity index (χ0) is 26.2. The summed E-state index contributed by atoms with van der Waals surface area (Å²) in [6.07, 6.45) is 6.19. The molecule has 1 amide bonds. The fourth-order valence-corrected chi connectivity index (χ4v) is 4.76. The average molecular weight is 506 g/mol. The molecular formula is C29H39N5O3. The summed E-state index contributed by atoms with van der Waals surface area (Å²) >= 11 is 0. The summed E-state index contributed by atoms with van der Waals surface area (Å²) in [4.78, 5) is 19.6. The Kier molecular flexibility index (Phi) is 6.89. The summed E-state index contributed by atoms with van der Waals surface area (Å²) in [6, 6.07) is 12.5. The molecule has 1 atom stereocenters. The van der Waals surface area contributed by atoms with Crippen LogP contribution in [0.1, 0.15) is 69.3 Å². The van der Waals surface area contributed by atoms with Crippen LogP contribution >= 0.6 is 0 Å². The van der Waals surface area contributed by atoms with Crippen molar-refractivity contribution in [3.05, 3.63) is 65.6 Å². The van der Waals surface area contributed by atoms with Crippen molar-refractivity contribution in [1.82, 2.24) is 19.6 Å². The molecule has 1 aliphatic carbocycles. The van der Waals surface area contributed by atoms with Crippen LogP contribution in [0.3, 0.4) is 0 Å². The van der Waals surface area contributed by atoms with Gasteiger partial charge in [-0.25, -0.2) is 9.78 Å². The first kappa shape index (κ1) is 25.5. The highest BCUT2D eigenvalue weighted by molar-refractivity contribution is 5.71. The molecule has 3 aromatic rings. The fraction of sp³-hybridized carbons (Fsp3) is 0.517. The maximum Gasteiger partial charge on any atom is 0.408 e. The molecule has 0 radical (unpaired) electrons. The van der Waals surface area contributed by atoms with Crippen LogP contribution in [0, 0.1) is 0 Å². The molecule has 198 valence electrons. The lowest BCUT2D eigenvalue weighted by Crippen LogP contribution is -2.64. The third-order valence-corrected chi connectivity index (χ3v) is 7.24. The van der Waals surface area contributed by atoms with Gasteiger partial charge in [0.05, 0.1) is 36.2 Å². The van der Waals surface area contributed by atoms with E-state index in [0.29, 0.717) is 19.1 Å². The molecule has 2 aromatic heterocycles. The van der Waals surface area contributed by atoms with E-state index in [1.165, 1.54) is 24.0 Å². The number of carbonyl (C=O) groups excluding carboxylic acids is 1. The second kappa shape index (κ2) is 9.99. The molecule has 2 fully saturated rings. The average Bonchev–Trinajstić information content (AvgIpc) is 3.56. The zero-order valence-electron chi connectivity index (χ0n) is 22.6. The van der Waals surface area contributed by atoms with Gasteiger partial charge in [0, 0.05) is 25.5 Å². The summed E-state index contributed by atoms with van der Waals surface area (Å²) < 4.78 is 13.2. The monoisotopic (exact) mass is 505 g/mol. The largest absolute Gasteiger partial charge is 0.444 e. The number of hydrogen-bond donors (Lipinski definition) is 2. The van der Waals surface area contributed by atoms with E-state index < -0.39 is 11.7 Å². The van der Waals surface area contributed by atoms with Crippen LogP contribution in [0.2, 0.25) is 0 Å². The molecule has 2 aliphatic rings. The Morgan fingerprint density at radius 2 is 1.97 bits per heavy atom. The van der Waals surface area contributed by atoms with Gasteiger partial charge >= 0.3 is 6.09 Å². The molecule has 8 heteroatoms. The molecule has 0 spiro atoms. The first-order chi connectivity index (χ1) is 17.6. The SMILES string of the molecule is C[C@@H](NC(=O)OC(C)(C)C)c1cn2cc(C3CC3)cc(NCC3(N(C)Cc4ccccc4)COC3)c2n1. The summed E-state index contributed by atoms with van der Waals surface area (Å²) in [5.41, 5.74) is 4.65. The minimum Gasteiger partial charge on any atom is -0.444 e. The summed E-state index contributed by atoms with van der Waals surface area (Å²) in [5.74, 6) is 0.606. The minimum atomic E-state index is -0.548. The van der Waals surface area contributed by atoms with Crippen molar-refractivity contribution in [3.63, 3.8) is 0 Å². The second-order valence-corrected chi connectivity index (χ2v) is 11.6. The first-order valence-electron chi connectivity index (χ1n) is 13.2. The van der Waals surface area contributed by atoms with Crippen LogP contribution in [-0.4, -0.2) is 58.3 Å². The number of anilines is 1. The predicted molar refractivity (Wildman–Crippen MR) is 145 cm³/mol. The van der Waals surface area contributed by atoms with Gasteiger partial charge in [0.25, 0.3) is 0 Å². The maximum absolute atomic E-state index is 12.3. The van der Waals surface area contributed by atoms with Gasteiger partial charge in [-0.1, -0.05) is 30.3 Å². The lowest BCUT2D eigenvalue weighted by molar-refractivity contribution is -0.127. The first-order valence-corrected chi connectivity index (χ1v) is 13.2. The van der Waals surface area contributed by atoms with Crippen LogP contribution in [0.4, 0.5) is 10.5 Å². The van der Waals surface area contributed by atoms with Crippen molar-refractivity contribution < 1.29 is 14.3 Å². The molecule has 1 aliphatic heterocycles. The lowest BCUT2D eigenvalue weighted by atomic mass is 9.94. The normalized spacial score (nSPS) is 17.9. The number of aromatic nitrogens is 2. The van der Waals surface area contributed by atoms with Crippen LogP contribution in [0.5, 0.6) is 0 Å². The topological polar surface area (TPSA) is 80.1 Å². The van der Waals surface area contributed by atoms with Crippen LogP contribution in [-0.2, 0) is 16.0 Å². The minimum absolute atomic E-state index is 0.0800. The van der Waals surface area contributed by atoms with E-state index >= 15 is 0 Å². The molecule has 1 aromatic carbocycles. The van der Waals surface area contributed by atoms with Gasteiger partial charge in [-0.3, -0.25) is 4.90 Å². The van der Waals surface area contributed by atoms with E-state index in [4.69, 9.17) is 14.5 Å². The number of nitrogens with zero attached hydrogens (tertiary/aromatic N) is 3. The molecule has 0 bridgehead atoms. The highest BCUT2D eigenvalue weighted by Crippen LogP contribution is 2.41. The molecule has 37 heavy (non-hydrogen) atoms. The third kappa shape index (κ3) is 5.91. The van der Waals surface area contributed by atoms with Crippen molar-refractivity contribution in [3.8, 4) is 0 Å². The summed E-state index contributed by atoms with van der Waals surface area (Å²) in [5, 5.41) is 6.64. The second-order valence-electron chi connectivity index (χ2n) is 11.6. The van der Waals surface area contributed by atoms with Crippen LogP contribution in [0.25, 0.3) is 5.65 Å². The Morgan fingerprint density at radius 1 is 1.24 bits per heavy atom. The molecule has 3 heterocycles. The number of likely N-dealkylation sites (N-methyl/N-ethyl adjacent to an activating group) is 1.